The number of ether oxygens (including phenoxy) is 2. The summed E-state index contributed by atoms with van der Waals surface area (Å²) in [6, 6.07) is 8.64. The van der Waals surface area contributed by atoms with Gasteiger partial charge in [-0.3, -0.25) is 0 Å². The van der Waals surface area contributed by atoms with Crippen molar-refractivity contribution in [2.75, 3.05) is 20.8 Å². The zero-order chi connectivity index (χ0) is 12.0. The van der Waals surface area contributed by atoms with Gasteiger partial charge in [0, 0.05) is 24.8 Å². The van der Waals surface area contributed by atoms with Gasteiger partial charge in [-0.2, -0.15) is 0 Å². The SMILES string of the molecule is COCC(C)NC(C)c1ccccc1OC. The van der Waals surface area contributed by atoms with Crippen LogP contribution in [-0.4, -0.2) is 26.9 Å². The summed E-state index contributed by atoms with van der Waals surface area (Å²) >= 11 is 0. The van der Waals surface area contributed by atoms with E-state index in [9.17, 15) is 0 Å². The van der Waals surface area contributed by atoms with Gasteiger partial charge in [0.05, 0.1) is 13.7 Å². The lowest BCUT2D eigenvalue weighted by Crippen LogP contribution is -2.32. The molecular weight excluding hydrogens is 202 g/mol. The zero-order valence-electron chi connectivity index (χ0n) is 10.5. The highest BCUT2D eigenvalue weighted by atomic mass is 16.5. The molecule has 0 aliphatic heterocycles. The minimum atomic E-state index is 0.251. The van der Waals surface area contributed by atoms with Crippen molar-refractivity contribution < 1.29 is 9.47 Å². The second-order valence-electron chi connectivity index (χ2n) is 3.99. The van der Waals surface area contributed by atoms with Crippen molar-refractivity contribution in [2.45, 2.75) is 25.9 Å². The van der Waals surface area contributed by atoms with Gasteiger partial charge in [-0.05, 0) is 19.9 Å². The molecule has 90 valence electrons. The Balaban J connectivity index is 2.68. The monoisotopic (exact) mass is 223 g/mol. The second-order valence-corrected chi connectivity index (χ2v) is 3.99. The van der Waals surface area contributed by atoms with Crippen LogP contribution < -0.4 is 10.1 Å². The summed E-state index contributed by atoms with van der Waals surface area (Å²) in [5, 5.41) is 3.47. The average Bonchev–Trinajstić information content (AvgIpc) is 2.29. The van der Waals surface area contributed by atoms with Gasteiger partial charge in [-0.1, -0.05) is 18.2 Å². The van der Waals surface area contributed by atoms with E-state index in [0.29, 0.717) is 12.6 Å². The maximum atomic E-state index is 5.34. The van der Waals surface area contributed by atoms with Crippen molar-refractivity contribution in [1.82, 2.24) is 5.32 Å². The van der Waals surface area contributed by atoms with Gasteiger partial charge in [0.1, 0.15) is 5.75 Å². The average molecular weight is 223 g/mol. The highest BCUT2D eigenvalue weighted by Gasteiger charge is 2.12. The highest BCUT2D eigenvalue weighted by molar-refractivity contribution is 5.35. The molecule has 1 aromatic carbocycles. The molecule has 0 spiro atoms. The predicted molar refractivity (Wildman–Crippen MR) is 65.9 cm³/mol. The zero-order valence-corrected chi connectivity index (χ0v) is 10.5. The number of hydrogen-bond acceptors (Lipinski definition) is 3. The maximum Gasteiger partial charge on any atom is 0.123 e. The van der Waals surface area contributed by atoms with E-state index in [1.165, 1.54) is 5.56 Å². The Labute approximate surface area is 97.8 Å². The molecule has 0 aliphatic carbocycles. The Morgan fingerprint density at radius 3 is 2.50 bits per heavy atom. The third kappa shape index (κ3) is 3.51. The first kappa shape index (κ1) is 13.0. The van der Waals surface area contributed by atoms with Crippen LogP contribution in [0.1, 0.15) is 25.5 Å². The maximum absolute atomic E-state index is 5.34. The summed E-state index contributed by atoms with van der Waals surface area (Å²) in [6.07, 6.45) is 0. The van der Waals surface area contributed by atoms with E-state index >= 15 is 0 Å². The number of hydrogen-bond donors (Lipinski definition) is 1. The Morgan fingerprint density at radius 1 is 1.19 bits per heavy atom. The van der Waals surface area contributed by atoms with Gasteiger partial charge < -0.3 is 14.8 Å². The molecule has 0 amide bonds. The number of para-hydroxylation sites is 1. The molecule has 0 saturated carbocycles. The Hall–Kier alpha value is -1.06. The van der Waals surface area contributed by atoms with Crippen molar-refractivity contribution in [2.24, 2.45) is 0 Å². The van der Waals surface area contributed by atoms with Gasteiger partial charge >= 0.3 is 0 Å². The summed E-state index contributed by atoms with van der Waals surface area (Å²) in [4.78, 5) is 0. The first-order valence-corrected chi connectivity index (χ1v) is 5.57. The van der Waals surface area contributed by atoms with E-state index in [0.717, 1.165) is 5.75 Å². The normalized spacial score (nSPS) is 14.5. The molecule has 2 unspecified atom stereocenters. The summed E-state index contributed by atoms with van der Waals surface area (Å²) in [5.74, 6) is 0.923. The van der Waals surface area contributed by atoms with Crippen LogP contribution in [0.3, 0.4) is 0 Å². The van der Waals surface area contributed by atoms with Crippen LogP contribution in [0.25, 0.3) is 0 Å². The Kier molecular flexibility index (Phi) is 5.29. The molecule has 0 bridgehead atoms. The van der Waals surface area contributed by atoms with Crippen LogP contribution in [0.2, 0.25) is 0 Å². The van der Waals surface area contributed by atoms with E-state index in [1.807, 2.05) is 18.2 Å². The predicted octanol–water partition coefficient (Wildman–Crippen LogP) is 2.38. The molecule has 2 atom stereocenters. The molecule has 0 fully saturated rings. The fourth-order valence-electron chi connectivity index (χ4n) is 1.84. The Morgan fingerprint density at radius 2 is 1.88 bits per heavy atom. The summed E-state index contributed by atoms with van der Waals surface area (Å²) in [6.45, 7) is 4.94. The first-order valence-electron chi connectivity index (χ1n) is 5.57. The smallest absolute Gasteiger partial charge is 0.123 e. The lowest BCUT2D eigenvalue weighted by molar-refractivity contribution is 0.167. The minimum absolute atomic E-state index is 0.251. The van der Waals surface area contributed by atoms with Crippen LogP contribution >= 0.6 is 0 Å². The molecule has 0 aromatic heterocycles. The Bertz CT molecular complexity index is 315. The first-order chi connectivity index (χ1) is 7.69. The fourth-order valence-corrected chi connectivity index (χ4v) is 1.84. The van der Waals surface area contributed by atoms with Gasteiger partial charge in [-0.25, -0.2) is 0 Å². The molecule has 1 aromatic rings. The number of methoxy groups -OCH3 is 2. The minimum Gasteiger partial charge on any atom is -0.496 e. The number of benzene rings is 1. The van der Waals surface area contributed by atoms with Crippen LogP contribution in [0, 0.1) is 0 Å². The van der Waals surface area contributed by atoms with E-state index in [-0.39, 0.29) is 6.04 Å². The van der Waals surface area contributed by atoms with Gasteiger partial charge in [-0.15, -0.1) is 0 Å². The number of nitrogens with one attached hydrogen (secondary N) is 1. The summed E-state index contributed by atoms with van der Waals surface area (Å²) in [5.41, 5.74) is 1.17. The fraction of sp³-hybridized carbons (Fsp3) is 0.538. The van der Waals surface area contributed by atoms with Crippen molar-refractivity contribution in [3.05, 3.63) is 29.8 Å². The van der Waals surface area contributed by atoms with Gasteiger partial charge in [0.2, 0.25) is 0 Å². The second kappa shape index (κ2) is 6.51. The van der Waals surface area contributed by atoms with Crippen LogP contribution in [0.5, 0.6) is 5.75 Å². The van der Waals surface area contributed by atoms with Gasteiger partial charge in [0.25, 0.3) is 0 Å². The molecule has 0 radical (unpaired) electrons. The van der Waals surface area contributed by atoms with Crippen LogP contribution in [0.4, 0.5) is 0 Å². The molecule has 3 heteroatoms. The number of rotatable bonds is 6. The lowest BCUT2D eigenvalue weighted by atomic mass is 10.1. The van der Waals surface area contributed by atoms with E-state index < -0.39 is 0 Å². The molecule has 3 nitrogen and oxygen atoms in total. The van der Waals surface area contributed by atoms with Crippen molar-refractivity contribution in [1.29, 1.82) is 0 Å². The van der Waals surface area contributed by atoms with E-state index in [2.05, 4.69) is 25.2 Å². The third-order valence-corrected chi connectivity index (χ3v) is 2.56. The van der Waals surface area contributed by atoms with Crippen molar-refractivity contribution in [3.8, 4) is 5.75 Å². The molecular formula is C13H21NO2. The molecule has 0 heterocycles. The van der Waals surface area contributed by atoms with E-state index in [1.54, 1.807) is 14.2 Å². The van der Waals surface area contributed by atoms with Crippen molar-refractivity contribution in [3.63, 3.8) is 0 Å². The summed E-state index contributed by atoms with van der Waals surface area (Å²) in [7, 11) is 3.41. The van der Waals surface area contributed by atoms with Crippen molar-refractivity contribution >= 4 is 0 Å². The third-order valence-electron chi connectivity index (χ3n) is 2.56. The largest absolute Gasteiger partial charge is 0.496 e. The van der Waals surface area contributed by atoms with Crippen LogP contribution in [-0.2, 0) is 4.74 Å². The molecule has 16 heavy (non-hydrogen) atoms. The topological polar surface area (TPSA) is 30.5 Å². The highest BCUT2D eigenvalue weighted by Crippen LogP contribution is 2.24. The molecule has 0 aliphatic rings. The van der Waals surface area contributed by atoms with Crippen LogP contribution in [0.15, 0.2) is 24.3 Å². The summed E-state index contributed by atoms with van der Waals surface area (Å²) < 4.78 is 10.4. The molecule has 0 saturated heterocycles. The molecule has 1 N–H and O–H groups in total. The van der Waals surface area contributed by atoms with E-state index in [4.69, 9.17) is 9.47 Å². The van der Waals surface area contributed by atoms with Gasteiger partial charge in [0.15, 0.2) is 0 Å². The standard InChI is InChI=1S/C13H21NO2/c1-10(9-15-3)14-11(2)12-7-5-6-8-13(12)16-4/h5-8,10-11,14H,9H2,1-4H3. The lowest BCUT2D eigenvalue weighted by Gasteiger charge is -2.21. The molecule has 1 rings (SSSR count). The quantitative estimate of drug-likeness (QED) is 0.803.